The van der Waals surface area contributed by atoms with E-state index < -0.39 is 5.54 Å². The second-order valence-electron chi connectivity index (χ2n) is 12.1. The zero-order chi connectivity index (χ0) is 31.2. The summed E-state index contributed by atoms with van der Waals surface area (Å²) >= 11 is 13.4. The molecule has 1 N–H and O–H groups in total. The fourth-order valence-electron chi connectivity index (χ4n) is 6.95. The predicted octanol–water partition coefficient (Wildman–Crippen LogP) is 7.14. The van der Waals surface area contributed by atoms with Crippen molar-refractivity contribution in [2.75, 3.05) is 46.9 Å². The molecule has 1 atom stereocenters. The number of benzene rings is 3. The van der Waals surface area contributed by atoms with Gasteiger partial charge in [-0.05, 0) is 74.4 Å². The van der Waals surface area contributed by atoms with Crippen LogP contribution < -0.4 is 5.32 Å². The van der Waals surface area contributed by atoms with Crippen molar-refractivity contribution in [1.29, 1.82) is 0 Å². The summed E-state index contributed by atoms with van der Waals surface area (Å²) in [6, 6.07) is 25.3. The van der Waals surface area contributed by atoms with Crippen LogP contribution in [0.1, 0.15) is 60.0 Å². The molecule has 5 rings (SSSR count). The molecule has 234 valence electrons. The van der Waals surface area contributed by atoms with Crippen LogP contribution in [0, 0.1) is 0 Å². The monoisotopic (exact) mass is 636 g/mol. The molecule has 44 heavy (non-hydrogen) atoms. The zero-order valence-electron chi connectivity index (χ0n) is 25.6. The highest BCUT2D eigenvalue weighted by Gasteiger charge is 2.41. The Morgan fingerprint density at radius 3 is 2.27 bits per heavy atom. The zero-order valence-corrected chi connectivity index (χ0v) is 27.1. The highest BCUT2D eigenvalue weighted by Crippen LogP contribution is 2.44. The number of carbonyl (C=O) groups is 2. The van der Waals surface area contributed by atoms with Crippen LogP contribution in [0.15, 0.2) is 78.9 Å². The van der Waals surface area contributed by atoms with E-state index in [0.29, 0.717) is 22.2 Å². The van der Waals surface area contributed by atoms with E-state index in [1.165, 1.54) is 12.2 Å². The SMILES string of the molecule is CON(C)C(=O)NC1(c2ccccc2)CCN(CCCC2(c3cccc(Cl)c3Cl)CCCN(C(=O)c3ccccc3)C2)CC1. The Hall–Kier alpha value is -3.10. The molecule has 2 heterocycles. The van der Waals surface area contributed by atoms with Crippen LogP contribution in [-0.2, 0) is 15.8 Å². The number of rotatable bonds is 9. The maximum absolute atomic E-state index is 13.5. The van der Waals surface area contributed by atoms with Gasteiger partial charge in [-0.3, -0.25) is 9.63 Å². The summed E-state index contributed by atoms with van der Waals surface area (Å²) in [5.41, 5.74) is 2.10. The van der Waals surface area contributed by atoms with Gasteiger partial charge < -0.3 is 15.1 Å². The van der Waals surface area contributed by atoms with Crippen molar-refractivity contribution in [3.63, 3.8) is 0 Å². The second-order valence-corrected chi connectivity index (χ2v) is 12.9. The lowest BCUT2D eigenvalue weighted by molar-refractivity contribution is -0.0684. The maximum atomic E-state index is 13.5. The lowest BCUT2D eigenvalue weighted by Gasteiger charge is -2.45. The van der Waals surface area contributed by atoms with Crippen LogP contribution in [0.5, 0.6) is 0 Å². The molecule has 0 aliphatic carbocycles. The van der Waals surface area contributed by atoms with Gasteiger partial charge in [0.2, 0.25) is 0 Å². The molecule has 2 aliphatic rings. The number of hydrogen-bond acceptors (Lipinski definition) is 4. The van der Waals surface area contributed by atoms with Crippen molar-refractivity contribution < 1.29 is 14.4 Å². The molecule has 0 aromatic heterocycles. The number of piperidine rings is 2. The number of nitrogens with one attached hydrogen (secondary N) is 1. The van der Waals surface area contributed by atoms with Crippen molar-refractivity contribution in [2.24, 2.45) is 0 Å². The van der Waals surface area contributed by atoms with E-state index in [4.69, 9.17) is 28.0 Å². The Balaban J connectivity index is 1.29. The predicted molar refractivity (Wildman–Crippen MR) is 176 cm³/mol. The van der Waals surface area contributed by atoms with E-state index in [2.05, 4.69) is 28.4 Å². The van der Waals surface area contributed by atoms with E-state index in [1.54, 1.807) is 7.05 Å². The number of nitrogens with zero attached hydrogens (tertiary/aromatic N) is 3. The van der Waals surface area contributed by atoms with Crippen LogP contribution in [0.3, 0.4) is 0 Å². The average molecular weight is 638 g/mol. The van der Waals surface area contributed by atoms with E-state index in [-0.39, 0.29) is 17.4 Å². The number of carbonyl (C=O) groups excluding carboxylic acids is 2. The highest BCUT2D eigenvalue weighted by atomic mass is 35.5. The van der Waals surface area contributed by atoms with Gasteiger partial charge in [0, 0.05) is 44.2 Å². The molecular formula is C35H42Cl2N4O3. The van der Waals surface area contributed by atoms with Crippen molar-refractivity contribution in [2.45, 2.75) is 49.5 Å². The lowest BCUT2D eigenvalue weighted by Crippen LogP contribution is -2.55. The van der Waals surface area contributed by atoms with Gasteiger partial charge in [0.05, 0.1) is 22.7 Å². The van der Waals surface area contributed by atoms with Gasteiger partial charge in [-0.2, -0.15) is 0 Å². The van der Waals surface area contributed by atoms with Gasteiger partial charge in [-0.25, -0.2) is 9.86 Å². The fraction of sp³-hybridized carbons (Fsp3) is 0.429. The van der Waals surface area contributed by atoms with Crippen molar-refractivity contribution in [3.05, 3.63) is 106 Å². The first-order valence-electron chi connectivity index (χ1n) is 15.4. The number of amides is 3. The number of halogens is 2. The first-order valence-corrected chi connectivity index (χ1v) is 16.2. The Kier molecular flexibility index (Phi) is 10.5. The van der Waals surface area contributed by atoms with Crippen LogP contribution in [0.2, 0.25) is 10.0 Å². The minimum Gasteiger partial charge on any atom is -0.338 e. The van der Waals surface area contributed by atoms with Crippen molar-refractivity contribution in [1.82, 2.24) is 20.2 Å². The van der Waals surface area contributed by atoms with Gasteiger partial charge in [-0.15, -0.1) is 0 Å². The Labute approximate surface area is 271 Å². The molecule has 3 amide bonds. The largest absolute Gasteiger partial charge is 0.341 e. The van der Waals surface area contributed by atoms with E-state index >= 15 is 0 Å². The van der Waals surface area contributed by atoms with Gasteiger partial charge in [0.25, 0.3) is 5.91 Å². The summed E-state index contributed by atoms with van der Waals surface area (Å²) in [7, 11) is 3.11. The molecule has 0 bridgehead atoms. The first kappa shape index (κ1) is 32.3. The Morgan fingerprint density at radius 1 is 0.909 bits per heavy atom. The van der Waals surface area contributed by atoms with Crippen molar-refractivity contribution >= 4 is 35.1 Å². The summed E-state index contributed by atoms with van der Waals surface area (Å²) in [4.78, 5) is 36.0. The highest BCUT2D eigenvalue weighted by molar-refractivity contribution is 6.42. The van der Waals surface area contributed by atoms with Gasteiger partial charge >= 0.3 is 6.03 Å². The molecule has 0 radical (unpaired) electrons. The topological polar surface area (TPSA) is 65.1 Å². The van der Waals surface area contributed by atoms with Crippen LogP contribution in [0.4, 0.5) is 4.79 Å². The maximum Gasteiger partial charge on any atom is 0.341 e. The molecule has 3 aromatic rings. The number of urea groups is 1. The van der Waals surface area contributed by atoms with Crippen LogP contribution in [-0.4, -0.2) is 73.7 Å². The quantitative estimate of drug-likeness (QED) is 0.254. The summed E-state index contributed by atoms with van der Waals surface area (Å²) in [6.07, 6.45) is 5.28. The minimum atomic E-state index is -0.459. The molecule has 0 saturated carbocycles. The molecule has 2 fully saturated rings. The van der Waals surface area contributed by atoms with Crippen LogP contribution >= 0.6 is 23.2 Å². The summed E-state index contributed by atoms with van der Waals surface area (Å²) in [6.45, 7) is 3.97. The average Bonchev–Trinajstić information content (AvgIpc) is 3.07. The smallest absolute Gasteiger partial charge is 0.338 e. The lowest BCUT2D eigenvalue weighted by atomic mass is 9.70. The number of hydroxylamine groups is 2. The summed E-state index contributed by atoms with van der Waals surface area (Å²) in [5, 5.41) is 5.63. The molecule has 1 unspecified atom stereocenters. The molecule has 2 aliphatic heterocycles. The van der Waals surface area contributed by atoms with Gasteiger partial charge in [-0.1, -0.05) is 83.9 Å². The number of likely N-dealkylation sites (tertiary alicyclic amines) is 2. The van der Waals surface area contributed by atoms with Gasteiger partial charge in [0.1, 0.15) is 0 Å². The molecule has 0 spiro atoms. The molecule has 2 saturated heterocycles. The van der Waals surface area contributed by atoms with E-state index in [1.807, 2.05) is 65.6 Å². The Bertz CT molecular complexity index is 1420. The van der Waals surface area contributed by atoms with Crippen molar-refractivity contribution in [3.8, 4) is 0 Å². The van der Waals surface area contributed by atoms with E-state index in [9.17, 15) is 9.59 Å². The first-order chi connectivity index (χ1) is 21.3. The third kappa shape index (κ3) is 7.07. The number of hydrogen-bond donors (Lipinski definition) is 1. The summed E-state index contributed by atoms with van der Waals surface area (Å²) in [5.74, 6) is 0.0577. The molecular weight excluding hydrogens is 595 g/mol. The minimum absolute atomic E-state index is 0.0577. The molecule has 3 aromatic carbocycles. The molecule has 7 nitrogen and oxygen atoms in total. The Morgan fingerprint density at radius 2 is 1.59 bits per heavy atom. The van der Waals surface area contributed by atoms with E-state index in [0.717, 1.165) is 75.8 Å². The standard InChI is InChI=1S/C35H42Cl2N4O3/c1-39(44-2)33(43)38-35(28-14-7-4-8-15-28)20-24-40(25-21-35)22-10-18-34(29-16-9-17-30(36)31(29)37)19-11-23-41(26-34)32(42)27-12-5-3-6-13-27/h3-9,12-17H,10-11,18-26H2,1-2H3,(H,38,43). The summed E-state index contributed by atoms with van der Waals surface area (Å²) < 4.78 is 0. The normalized spacial score (nSPS) is 20.2. The third-order valence-corrected chi connectivity index (χ3v) is 10.3. The third-order valence-electron chi connectivity index (χ3n) is 9.48. The fourth-order valence-corrected chi connectivity index (χ4v) is 7.45. The second kappa shape index (κ2) is 14.3. The molecule has 9 heteroatoms. The van der Waals surface area contributed by atoms with Crippen LogP contribution in [0.25, 0.3) is 0 Å². The van der Waals surface area contributed by atoms with Gasteiger partial charge in [0.15, 0.2) is 0 Å².